The van der Waals surface area contributed by atoms with Crippen molar-refractivity contribution in [2.75, 3.05) is 13.1 Å². The van der Waals surface area contributed by atoms with Crippen LogP contribution in [0.1, 0.15) is 31.6 Å². The second-order valence-corrected chi connectivity index (χ2v) is 6.33. The van der Waals surface area contributed by atoms with Crippen molar-refractivity contribution in [2.45, 2.75) is 51.5 Å². The van der Waals surface area contributed by atoms with Gasteiger partial charge < -0.3 is 10.5 Å². The minimum atomic E-state index is 0.283. The Balaban J connectivity index is 1.87. The zero-order valence-electron chi connectivity index (χ0n) is 11.3. The molecule has 1 aromatic rings. The molecule has 0 aliphatic carbocycles. The minimum absolute atomic E-state index is 0.283. The van der Waals surface area contributed by atoms with Crippen molar-refractivity contribution in [1.29, 1.82) is 0 Å². The third-order valence-corrected chi connectivity index (χ3v) is 4.43. The smallest absolute Gasteiger partial charge is 0.0707 e. The molecule has 2 heterocycles. The van der Waals surface area contributed by atoms with Gasteiger partial charge in [-0.3, -0.25) is 4.90 Å². The number of ether oxygens (including phenoxy) is 1. The SMILES string of the molecule is CC(C)N(Cc1cccs1)CC1CCC(CN)O1. The Labute approximate surface area is 114 Å². The third-order valence-electron chi connectivity index (χ3n) is 3.57. The Morgan fingerprint density at radius 3 is 2.78 bits per heavy atom. The van der Waals surface area contributed by atoms with E-state index < -0.39 is 0 Å². The highest BCUT2D eigenvalue weighted by atomic mass is 32.1. The van der Waals surface area contributed by atoms with Crippen molar-refractivity contribution in [2.24, 2.45) is 5.73 Å². The summed E-state index contributed by atoms with van der Waals surface area (Å²) >= 11 is 1.83. The summed E-state index contributed by atoms with van der Waals surface area (Å²) < 4.78 is 5.95. The molecule has 0 aromatic carbocycles. The molecule has 0 spiro atoms. The molecule has 1 aromatic heterocycles. The number of rotatable bonds is 6. The van der Waals surface area contributed by atoms with E-state index in [1.807, 2.05) is 11.3 Å². The first-order chi connectivity index (χ1) is 8.69. The number of nitrogens with two attached hydrogens (primary N) is 1. The van der Waals surface area contributed by atoms with E-state index in [0.717, 1.165) is 25.9 Å². The van der Waals surface area contributed by atoms with E-state index in [0.29, 0.717) is 18.7 Å². The first kappa shape index (κ1) is 14.0. The van der Waals surface area contributed by atoms with Crippen molar-refractivity contribution in [3.63, 3.8) is 0 Å². The first-order valence-electron chi connectivity index (χ1n) is 6.81. The summed E-state index contributed by atoms with van der Waals surface area (Å²) in [6.07, 6.45) is 2.91. The van der Waals surface area contributed by atoms with Crippen LogP contribution in [0, 0.1) is 0 Å². The third kappa shape index (κ3) is 3.79. The van der Waals surface area contributed by atoms with Crippen LogP contribution in [0.3, 0.4) is 0 Å². The molecule has 4 heteroatoms. The Kier molecular flexibility index (Phi) is 5.18. The monoisotopic (exact) mass is 268 g/mol. The van der Waals surface area contributed by atoms with Gasteiger partial charge in [-0.25, -0.2) is 0 Å². The number of nitrogens with zero attached hydrogens (tertiary/aromatic N) is 1. The average molecular weight is 268 g/mol. The van der Waals surface area contributed by atoms with Crippen LogP contribution in [-0.2, 0) is 11.3 Å². The van der Waals surface area contributed by atoms with Gasteiger partial charge >= 0.3 is 0 Å². The predicted molar refractivity (Wildman–Crippen MR) is 76.8 cm³/mol. The van der Waals surface area contributed by atoms with E-state index in [4.69, 9.17) is 10.5 Å². The standard InChI is InChI=1S/C14H24N2OS/c1-11(2)16(10-14-4-3-7-18-14)9-13-6-5-12(8-15)17-13/h3-4,7,11-13H,5-6,8-10,15H2,1-2H3. The van der Waals surface area contributed by atoms with Crippen molar-refractivity contribution in [3.8, 4) is 0 Å². The molecule has 1 fully saturated rings. The van der Waals surface area contributed by atoms with Crippen molar-refractivity contribution < 1.29 is 4.74 Å². The van der Waals surface area contributed by atoms with Crippen LogP contribution in [-0.4, -0.2) is 36.2 Å². The molecular formula is C14H24N2OS. The van der Waals surface area contributed by atoms with Gasteiger partial charge in [0, 0.05) is 30.6 Å². The van der Waals surface area contributed by atoms with Gasteiger partial charge in [0.05, 0.1) is 12.2 Å². The highest BCUT2D eigenvalue weighted by Gasteiger charge is 2.26. The Morgan fingerprint density at radius 1 is 1.44 bits per heavy atom. The molecule has 102 valence electrons. The number of hydrogen-bond donors (Lipinski definition) is 1. The van der Waals surface area contributed by atoms with Gasteiger partial charge in [-0.05, 0) is 38.1 Å². The highest BCUT2D eigenvalue weighted by Crippen LogP contribution is 2.22. The van der Waals surface area contributed by atoms with Crippen molar-refractivity contribution in [1.82, 2.24) is 4.90 Å². The van der Waals surface area contributed by atoms with Crippen LogP contribution < -0.4 is 5.73 Å². The maximum Gasteiger partial charge on any atom is 0.0707 e. The molecule has 2 N–H and O–H groups in total. The second kappa shape index (κ2) is 6.66. The molecule has 2 rings (SSSR count). The fourth-order valence-electron chi connectivity index (χ4n) is 2.41. The van der Waals surface area contributed by atoms with Gasteiger partial charge in [-0.2, -0.15) is 0 Å². The van der Waals surface area contributed by atoms with Crippen molar-refractivity contribution >= 4 is 11.3 Å². The molecule has 1 aliphatic rings. The summed E-state index contributed by atoms with van der Waals surface area (Å²) in [5.41, 5.74) is 5.66. The summed E-state index contributed by atoms with van der Waals surface area (Å²) in [5.74, 6) is 0. The van der Waals surface area contributed by atoms with Gasteiger partial charge in [-0.15, -0.1) is 11.3 Å². The maximum absolute atomic E-state index is 5.95. The summed E-state index contributed by atoms with van der Waals surface area (Å²) in [5, 5.41) is 2.14. The van der Waals surface area contributed by atoms with Gasteiger partial charge in [-0.1, -0.05) is 6.07 Å². The molecule has 1 saturated heterocycles. The van der Waals surface area contributed by atoms with E-state index in [-0.39, 0.29) is 6.10 Å². The molecule has 3 nitrogen and oxygen atoms in total. The first-order valence-corrected chi connectivity index (χ1v) is 7.69. The normalized spacial score (nSPS) is 24.3. The van der Waals surface area contributed by atoms with Crippen LogP contribution >= 0.6 is 11.3 Å². The Bertz CT molecular complexity index is 340. The molecule has 0 amide bonds. The lowest BCUT2D eigenvalue weighted by molar-refractivity contribution is 0.0189. The van der Waals surface area contributed by atoms with E-state index in [1.165, 1.54) is 4.88 Å². The minimum Gasteiger partial charge on any atom is -0.372 e. The summed E-state index contributed by atoms with van der Waals surface area (Å²) in [4.78, 5) is 3.92. The molecule has 1 aliphatic heterocycles. The highest BCUT2D eigenvalue weighted by molar-refractivity contribution is 7.09. The fraction of sp³-hybridized carbons (Fsp3) is 0.714. The zero-order valence-corrected chi connectivity index (χ0v) is 12.2. The molecule has 0 saturated carbocycles. The molecule has 0 bridgehead atoms. The van der Waals surface area contributed by atoms with E-state index in [2.05, 4.69) is 36.3 Å². The molecule has 2 atom stereocenters. The van der Waals surface area contributed by atoms with Gasteiger partial charge in [0.15, 0.2) is 0 Å². The largest absolute Gasteiger partial charge is 0.372 e. The van der Waals surface area contributed by atoms with Crippen LogP contribution in [0.4, 0.5) is 0 Å². The molecule has 2 unspecified atom stereocenters. The number of hydrogen-bond acceptors (Lipinski definition) is 4. The topological polar surface area (TPSA) is 38.5 Å². The predicted octanol–water partition coefficient (Wildman–Crippen LogP) is 2.46. The summed E-state index contributed by atoms with van der Waals surface area (Å²) in [6.45, 7) is 7.21. The van der Waals surface area contributed by atoms with Crippen LogP contribution in [0.2, 0.25) is 0 Å². The van der Waals surface area contributed by atoms with E-state index in [9.17, 15) is 0 Å². The average Bonchev–Trinajstić information content (AvgIpc) is 2.99. The lowest BCUT2D eigenvalue weighted by Crippen LogP contribution is -2.37. The number of thiophene rings is 1. The summed E-state index contributed by atoms with van der Waals surface area (Å²) in [6, 6.07) is 4.88. The molecular weight excluding hydrogens is 244 g/mol. The second-order valence-electron chi connectivity index (χ2n) is 5.30. The van der Waals surface area contributed by atoms with Gasteiger partial charge in [0.25, 0.3) is 0 Å². The molecule has 18 heavy (non-hydrogen) atoms. The Hall–Kier alpha value is -0.420. The van der Waals surface area contributed by atoms with E-state index >= 15 is 0 Å². The van der Waals surface area contributed by atoms with Crippen molar-refractivity contribution in [3.05, 3.63) is 22.4 Å². The van der Waals surface area contributed by atoms with Crippen LogP contribution in [0.15, 0.2) is 17.5 Å². The quantitative estimate of drug-likeness (QED) is 0.861. The van der Waals surface area contributed by atoms with Crippen LogP contribution in [0.5, 0.6) is 0 Å². The van der Waals surface area contributed by atoms with Gasteiger partial charge in [0.2, 0.25) is 0 Å². The zero-order chi connectivity index (χ0) is 13.0. The molecule has 0 radical (unpaired) electrons. The lowest BCUT2D eigenvalue weighted by atomic mass is 10.1. The maximum atomic E-state index is 5.95. The summed E-state index contributed by atoms with van der Waals surface area (Å²) in [7, 11) is 0. The Morgan fingerprint density at radius 2 is 2.22 bits per heavy atom. The van der Waals surface area contributed by atoms with Crippen LogP contribution in [0.25, 0.3) is 0 Å². The lowest BCUT2D eigenvalue weighted by Gasteiger charge is -2.28. The fourth-order valence-corrected chi connectivity index (χ4v) is 3.14. The van der Waals surface area contributed by atoms with Gasteiger partial charge in [0.1, 0.15) is 0 Å². The van der Waals surface area contributed by atoms with E-state index in [1.54, 1.807) is 0 Å².